The van der Waals surface area contributed by atoms with Crippen LogP contribution in [-0.2, 0) is 6.42 Å². The molecule has 3 rings (SSSR count). The maximum Gasteiger partial charge on any atom is 0.0640 e. The summed E-state index contributed by atoms with van der Waals surface area (Å²) in [6.45, 7) is 2.12. The maximum absolute atomic E-state index is 6.19. The molecule has 0 saturated heterocycles. The summed E-state index contributed by atoms with van der Waals surface area (Å²) in [5, 5.41) is 4.33. The van der Waals surface area contributed by atoms with E-state index in [-0.39, 0.29) is 0 Å². The SMILES string of the molecule is Cc1cccc(C2Cc3cccc(Cl)c3N2)c1. The molecule has 0 aromatic heterocycles. The third-order valence-corrected chi connectivity index (χ3v) is 3.60. The van der Waals surface area contributed by atoms with Gasteiger partial charge in [0.1, 0.15) is 0 Å². The van der Waals surface area contributed by atoms with Crippen LogP contribution >= 0.6 is 11.6 Å². The molecule has 0 fully saturated rings. The first-order valence-electron chi connectivity index (χ1n) is 5.84. The highest BCUT2D eigenvalue weighted by molar-refractivity contribution is 6.33. The summed E-state index contributed by atoms with van der Waals surface area (Å²) >= 11 is 6.19. The molecule has 0 aliphatic carbocycles. The van der Waals surface area contributed by atoms with E-state index in [4.69, 9.17) is 11.6 Å². The molecule has 0 saturated carbocycles. The lowest BCUT2D eigenvalue weighted by Gasteiger charge is -2.12. The fourth-order valence-electron chi connectivity index (χ4n) is 2.43. The van der Waals surface area contributed by atoms with Gasteiger partial charge in [0.2, 0.25) is 0 Å². The molecule has 0 radical (unpaired) electrons. The molecule has 0 spiro atoms. The van der Waals surface area contributed by atoms with Crippen LogP contribution in [0.5, 0.6) is 0 Å². The minimum absolute atomic E-state index is 0.352. The smallest absolute Gasteiger partial charge is 0.0640 e. The molecule has 1 heterocycles. The van der Waals surface area contributed by atoms with E-state index in [0.717, 1.165) is 17.1 Å². The number of nitrogens with one attached hydrogen (secondary N) is 1. The Hall–Kier alpha value is -1.47. The molecule has 0 bridgehead atoms. The summed E-state index contributed by atoms with van der Waals surface area (Å²) in [4.78, 5) is 0. The fraction of sp³-hybridized carbons (Fsp3) is 0.200. The van der Waals surface area contributed by atoms with Gasteiger partial charge in [-0.05, 0) is 30.5 Å². The Balaban J connectivity index is 1.94. The van der Waals surface area contributed by atoms with E-state index < -0.39 is 0 Å². The number of benzene rings is 2. The van der Waals surface area contributed by atoms with Gasteiger partial charge in [-0.3, -0.25) is 0 Å². The van der Waals surface area contributed by atoms with Crippen LogP contribution < -0.4 is 5.32 Å². The highest BCUT2D eigenvalue weighted by atomic mass is 35.5. The van der Waals surface area contributed by atoms with Gasteiger partial charge in [0.15, 0.2) is 0 Å². The van der Waals surface area contributed by atoms with E-state index in [2.05, 4.69) is 42.6 Å². The fourth-order valence-corrected chi connectivity index (χ4v) is 2.68. The van der Waals surface area contributed by atoms with E-state index in [1.54, 1.807) is 0 Å². The van der Waals surface area contributed by atoms with Crippen LogP contribution in [0.15, 0.2) is 42.5 Å². The number of anilines is 1. The second kappa shape index (κ2) is 4.08. The molecule has 17 heavy (non-hydrogen) atoms. The highest BCUT2D eigenvalue weighted by Crippen LogP contribution is 2.38. The van der Waals surface area contributed by atoms with Crippen molar-refractivity contribution < 1.29 is 0 Å². The summed E-state index contributed by atoms with van der Waals surface area (Å²) in [7, 11) is 0. The van der Waals surface area contributed by atoms with Crippen molar-refractivity contribution in [1.29, 1.82) is 0 Å². The van der Waals surface area contributed by atoms with E-state index in [9.17, 15) is 0 Å². The number of fused-ring (bicyclic) bond motifs is 1. The number of aryl methyl sites for hydroxylation is 1. The van der Waals surface area contributed by atoms with Gasteiger partial charge in [0, 0.05) is 0 Å². The molecule has 2 heteroatoms. The molecule has 1 nitrogen and oxygen atoms in total. The minimum Gasteiger partial charge on any atom is -0.376 e. The van der Waals surface area contributed by atoms with Gasteiger partial charge in [-0.1, -0.05) is 53.6 Å². The van der Waals surface area contributed by atoms with Crippen molar-refractivity contribution in [3.8, 4) is 0 Å². The first kappa shape index (κ1) is 10.7. The number of hydrogen-bond acceptors (Lipinski definition) is 1. The maximum atomic E-state index is 6.19. The Bertz CT molecular complexity index is 563. The standard InChI is InChI=1S/C15H14ClN/c1-10-4-2-5-11(8-10)14-9-12-6-3-7-13(16)15(12)17-14/h2-8,14,17H,9H2,1H3. The Kier molecular flexibility index (Phi) is 2.56. The predicted molar refractivity (Wildman–Crippen MR) is 72.7 cm³/mol. The lowest BCUT2D eigenvalue weighted by molar-refractivity contribution is 0.823. The van der Waals surface area contributed by atoms with Gasteiger partial charge in [0.05, 0.1) is 16.8 Å². The predicted octanol–water partition coefficient (Wildman–Crippen LogP) is 4.36. The van der Waals surface area contributed by atoms with Crippen molar-refractivity contribution in [1.82, 2.24) is 0 Å². The number of para-hydroxylation sites is 1. The van der Waals surface area contributed by atoms with E-state index in [1.807, 2.05) is 12.1 Å². The normalized spacial score (nSPS) is 17.6. The minimum atomic E-state index is 0.352. The Morgan fingerprint density at radius 1 is 1.18 bits per heavy atom. The summed E-state index contributed by atoms with van der Waals surface area (Å²) in [6, 6.07) is 15.1. The quantitative estimate of drug-likeness (QED) is 0.785. The van der Waals surface area contributed by atoms with Gasteiger partial charge in [-0.2, -0.15) is 0 Å². The first-order chi connectivity index (χ1) is 8.24. The van der Waals surface area contributed by atoms with Gasteiger partial charge in [0.25, 0.3) is 0 Å². The summed E-state index contributed by atoms with van der Waals surface area (Å²) < 4.78 is 0. The van der Waals surface area contributed by atoms with Gasteiger partial charge in [-0.15, -0.1) is 0 Å². The van der Waals surface area contributed by atoms with Crippen molar-refractivity contribution in [2.45, 2.75) is 19.4 Å². The molecule has 2 aromatic rings. The average Bonchev–Trinajstić information content (AvgIpc) is 2.74. The van der Waals surface area contributed by atoms with Crippen LogP contribution in [0, 0.1) is 6.92 Å². The molecule has 2 aromatic carbocycles. The highest BCUT2D eigenvalue weighted by Gasteiger charge is 2.23. The van der Waals surface area contributed by atoms with Crippen LogP contribution in [0.3, 0.4) is 0 Å². The number of hydrogen-bond donors (Lipinski definition) is 1. The molecule has 1 atom stereocenters. The van der Waals surface area contributed by atoms with Crippen molar-refractivity contribution >= 4 is 17.3 Å². The van der Waals surface area contributed by atoms with Crippen LogP contribution in [0.25, 0.3) is 0 Å². The molecule has 0 amide bonds. The van der Waals surface area contributed by atoms with E-state index in [0.29, 0.717) is 6.04 Å². The average molecular weight is 244 g/mol. The number of rotatable bonds is 1. The topological polar surface area (TPSA) is 12.0 Å². The van der Waals surface area contributed by atoms with Crippen molar-refractivity contribution in [3.63, 3.8) is 0 Å². The molecule has 1 aliphatic rings. The third-order valence-electron chi connectivity index (χ3n) is 3.29. The van der Waals surface area contributed by atoms with Crippen molar-refractivity contribution in [3.05, 3.63) is 64.2 Å². The molecule has 1 unspecified atom stereocenters. The van der Waals surface area contributed by atoms with E-state index in [1.165, 1.54) is 16.7 Å². The van der Waals surface area contributed by atoms with Crippen molar-refractivity contribution in [2.75, 3.05) is 5.32 Å². The van der Waals surface area contributed by atoms with Crippen molar-refractivity contribution in [2.24, 2.45) is 0 Å². The zero-order valence-electron chi connectivity index (χ0n) is 9.70. The largest absolute Gasteiger partial charge is 0.376 e. The van der Waals surface area contributed by atoms with Gasteiger partial charge in [-0.25, -0.2) is 0 Å². The Morgan fingerprint density at radius 3 is 2.76 bits per heavy atom. The lowest BCUT2D eigenvalue weighted by Crippen LogP contribution is -2.05. The zero-order chi connectivity index (χ0) is 11.8. The van der Waals surface area contributed by atoms with Crippen LogP contribution in [0.1, 0.15) is 22.7 Å². The van der Waals surface area contributed by atoms with Crippen LogP contribution in [-0.4, -0.2) is 0 Å². The molecular formula is C15H14ClN. The summed E-state index contributed by atoms with van der Waals surface area (Å²) in [5.41, 5.74) is 5.04. The molecule has 1 aliphatic heterocycles. The van der Waals surface area contributed by atoms with Gasteiger partial charge < -0.3 is 5.32 Å². The second-order valence-corrected chi connectivity index (χ2v) is 5.00. The molecular weight excluding hydrogens is 230 g/mol. The molecule has 86 valence electrons. The summed E-state index contributed by atoms with van der Waals surface area (Å²) in [6.07, 6.45) is 1.01. The Labute approximate surface area is 106 Å². The second-order valence-electron chi connectivity index (χ2n) is 4.59. The Morgan fingerprint density at radius 2 is 2.00 bits per heavy atom. The summed E-state index contributed by atoms with van der Waals surface area (Å²) in [5.74, 6) is 0. The third kappa shape index (κ3) is 1.91. The van der Waals surface area contributed by atoms with E-state index >= 15 is 0 Å². The monoisotopic (exact) mass is 243 g/mol. The molecule has 1 N–H and O–H groups in total. The lowest BCUT2D eigenvalue weighted by atomic mass is 10.0. The van der Waals surface area contributed by atoms with Crippen LogP contribution in [0.2, 0.25) is 5.02 Å². The first-order valence-corrected chi connectivity index (χ1v) is 6.22. The number of halogens is 1. The zero-order valence-corrected chi connectivity index (χ0v) is 10.5. The van der Waals surface area contributed by atoms with Gasteiger partial charge >= 0.3 is 0 Å². The van der Waals surface area contributed by atoms with Crippen LogP contribution in [0.4, 0.5) is 5.69 Å².